The number of nitrogens with zero attached hydrogens (tertiary/aromatic N) is 2. The summed E-state index contributed by atoms with van der Waals surface area (Å²) >= 11 is 0. The lowest BCUT2D eigenvalue weighted by molar-refractivity contribution is -0.117. The fourth-order valence-corrected chi connectivity index (χ4v) is 2.14. The average Bonchev–Trinajstić information content (AvgIpc) is 2.65. The van der Waals surface area contributed by atoms with Crippen molar-refractivity contribution in [2.45, 2.75) is 13.0 Å². The molecule has 0 spiro atoms. The number of aliphatic hydroxyl groups excluding tert-OH is 2. The maximum atomic E-state index is 11.9. The number of rotatable bonds is 10. The standard InChI is InChI=1S/C18H25N3O4/c1-3-21(8-9-25-2)16-6-4-14(5-7-16)10-15(11-19)18(24)20-12-17(23)13-22/h4-7,10,17,22-23H,3,8-9,12-13H2,1-2H3,(H,20,24)/b15-10+. The van der Waals surface area contributed by atoms with E-state index in [1.54, 1.807) is 7.11 Å². The van der Waals surface area contributed by atoms with Crippen molar-refractivity contribution in [3.63, 3.8) is 0 Å². The second-order valence-electron chi connectivity index (χ2n) is 5.38. The van der Waals surface area contributed by atoms with Crippen LogP contribution in [0.3, 0.4) is 0 Å². The molecular weight excluding hydrogens is 322 g/mol. The summed E-state index contributed by atoms with van der Waals surface area (Å²) in [7, 11) is 1.66. The Labute approximate surface area is 148 Å². The summed E-state index contributed by atoms with van der Waals surface area (Å²) < 4.78 is 5.10. The molecule has 1 amide bonds. The van der Waals surface area contributed by atoms with Gasteiger partial charge >= 0.3 is 0 Å². The second-order valence-corrected chi connectivity index (χ2v) is 5.38. The number of carbonyl (C=O) groups is 1. The Morgan fingerprint density at radius 1 is 1.44 bits per heavy atom. The molecule has 0 aliphatic heterocycles. The van der Waals surface area contributed by atoms with E-state index in [1.165, 1.54) is 6.08 Å². The van der Waals surface area contributed by atoms with Crippen LogP contribution in [0.25, 0.3) is 6.08 Å². The van der Waals surface area contributed by atoms with E-state index in [9.17, 15) is 9.90 Å². The van der Waals surface area contributed by atoms with Crippen molar-refractivity contribution < 1.29 is 19.7 Å². The van der Waals surface area contributed by atoms with Gasteiger partial charge in [0, 0.05) is 32.4 Å². The minimum Gasteiger partial charge on any atom is -0.394 e. The fraction of sp³-hybridized carbons (Fsp3) is 0.444. The van der Waals surface area contributed by atoms with Crippen LogP contribution in [0.15, 0.2) is 29.8 Å². The molecule has 0 heterocycles. The number of likely N-dealkylation sites (N-methyl/N-ethyl adjacent to an activating group) is 1. The molecule has 7 nitrogen and oxygen atoms in total. The molecule has 7 heteroatoms. The molecule has 0 saturated carbocycles. The Kier molecular flexibility index (Phi) is 9.25. The number of benzene rings is 1. The summed E-state index contributed by atoms with van der Waals surface area (Å²) in [6, 6.07) is 9.36. The SMILES string of the molecule is CCN(CCOC)c1ccc(/C=C(\C#N)C(=O)NCC(O)CO)cc1. The molecule has 0 radical (unpaired) electrons. The van der Waals surface area contributed by atoms with E-state index in [0.717, 1.165) is 24.3 Å². The van der Waals surface area contributed by atoms with Crippen LogP contribution in [-0.2, 0) is 9.53 Å². The monoisotopic (exact) mass is 347 g/mol. The predicted octanol–water partition coefficient (Wildman–Crippen LogP) is 0.536. The van der Waals surface area contributed by atoms with Crippen molar-refractivity contribution in [2.75, 3.05) is 44.9 Å². The van der Waals surface area contributed by atoms with Crippen LogP contribution in [-0.4, -0.2) is 62.2 Å². The largest absolute Gasteiger partial charge is 0.394 e. The van der Waals surface area contributed by atoms with Crippen molar-refractivity contribution in [3.05, 3.63) is 35.4 Å². The van der Waals surface area contributed by atoms with Crippen LogP contribution in [0, 0.1) is 11.3 Å². The summed E-state index contributed by atoms with van der Waals surface area (Å²) in [5, 5.41) is 29.5. The van der Waals surface area contributed by atoms with Gasteiger partial charge in [0.1, 0.15) is 11.6 Å². The first-order valence-corrected chi connectivity index (χ1v) is 8.08. The molecule has 1 rings (SSSR count). The first kappa shape index (κ1) is 20.6. The third-order valence-electron chi connectivity index (χ3n) is 3.59. The third kappa shape index (κ3) is 6.93. The minimum atomic E-state index is -1.05. The molecule has 0 saturated heterocycles. The van der Waals surface area contributed by atoms with Gasteiger partial charge in [-0.2, -0.15) is 5.26 Å². The zero-order valence-corrected chi connectivity index (χ0v) is 14.6. The van der Waals surface area contributed by atoms with Crippen molar-refractivity contribution in [3.8, 4) is 6.07 Å². The van der Waals surface area contributed by atoms with Gasteiger partial charge in [-0.25, -0.2) is 0 Å². The van der Waals surface area contributed by atoms with E-state index in [0.29, 0.717) is 6.61 Å². The quantitative estimate of drug-likeness (QED) is 0.421. The molecular formula is C18H25N3O4. The molecule has 0 aromatic heterocycles. The lowest BCUT2D eigenvalue weighted by Gasteiger charge is -2.22. The second kappa shape index (κ2) is 11.2. The fourth-order valence-electron chi connectivity index (χ4n) is 2.14. The highest BCUT2D eigenvalue weighted by Gasteiger charge is 2.11. The topological polar surface area (TPSA) is 106 Å². The molecule has 136 valence electrons. The first-order chi connectivity index (χ1) is 12.0. The Morgan fingerprint density at radius 3 is 2.64 bits per heavy atom. The Morgan fingerprint density at radius 2 is 2.12 bits per heavy atom. The zero-order valence-electron chi connectivity index (χ0n) is 14.6. The molecule has 0 aliphatic carbocycles. The number of ether oxygens (including phenoxy) is 1. The van der Waals surface area contributed by atoms with E-state index in [1.807, 2.05) is 30.3 Å². The number of aliphatic hydroxyl groups is 2. The first-order valence-electron chi connectivity index (χ1n) is 8.08. The summed E-state index contributed by atoms with van der Waals surface area (Å²) in [5.74, 6) is -0.589. The minimum absolute atomic E-state index is 0.0652. The lowest BCUT2D eigenvalue weighted by Crippen LogP contribution is -2.34. The molecule has 1 aromatic carbocycles. The van der Waals surface area contributed by atoms with Crippen LogP contribution in [0.4, 0.5) is 5.69 Å². The Bertz CT molecular complexity index is 608. The Hall–Kier alpha value is -2.40. The van der Waals surface area contributed by atoms with E-state index in [4.69, 9.17) is 15.1 Å². The molecule has 3 N–H and O–H groups in total. The summed E-state index contributed by atoms with van der Waals surface area (Å²) in [5.41, 5.74) is 1.69. The van der Waals surface area contributed by atoms with Crippen LogP contribution in [0.1, 0.15) is 12.5 Å². The molecule has 1 atom stereocenters. The van der Waals surface area contributed by atoms with Crippen LogP contribution >= 0.6 is 0 Å². The molecule has 0 bridgehead atoms. The van der Waals surface area contributed by atoms with Gasteiger partial charge in [0.15, 0.2) is 0 Å². The van der Waals surface area contributed by atoms with Crippen molar-refractivity contribution in [1.29, 1.82) is 5.26 Å². The number of amides is 1. The van der Waals surface area contributed by atoms with Gasteiger partial charge in [-0.05, 0) is 30.7 Å². The Balaban J connectivity index is 2.80. The van der Waals surface area contributed by atoms with Gasteiger partial charge in [-0.15, -0.1) is 0 Å². The normalized spacial score (nSPS) is 12.4. The van der Waals surface area contributed by atoms with Crippen molar-refractivity contribution >= 4 is 17.7 Å². The number of nitrogens with one attached hydrogen (secondary N) is 1. The highest BCUT2D eigenvalue weighted by Crippen LogP contribution is 2.16. The highest BCUT2D eigenvalue weighted by atomic mass is 16.5. The summed E-state index contributed by atoms with van der Waals surface area (Å²) in [6.07, 6.45) is 0.436. The van der Waals surface area contributed by atoms with Crippen LogP contribution < -0.4 is 10.2 Å². The van der Waals surface area contributed by atoms with Crippen LogP contribution in [0.2, 0.25) is 0 Å². The highest BCUT2D eigenvalue weighted by molar-refractivity contribution is 6.01. The predicted molar refractivity (Wildman–Crippen MR) is 95.9 cm³/mol. The number of nitriles is 1. The van der Waals surface area contributed by atoms with E-state index < -0.39 is 18.6 Å². The maximum Gasteiger partial charge on any atom is 0.262 e. The molecule has 1 aromatic rings. The van der Waals surface area contributed by atoms with E-state index >= 15 is 0 Å². The van der Waals surface area contributed by atoms with Crippen LogP contribution in [0.5, 0.6) is 0 Å². The molecule has 1 unspecified atom stereocenters. The maximum absolute atomic E-state index is 11.9. The number of anilines is 1. The van der Waals surface area contributed by atoms with Gasteiger partial charge in [0.05, 0.1) is 19.3 Å². The third-order valence-corrected chi connectivity index (χ3v) is 3.59. The van der Waals surface area contributed by atoms with Gasteiger partial charge in [-0.3, -0.25) is 4.79 Å². The number of carbonyl (C=O) groups excluding carboxylic acids is 1. The molecule has 0 fully saturated rings. The molecule has 0 aliphatic rings. The van der Waals surface area contributed by atoms with Gasteiger partial charge in [-0.1, -0.05) is 12.1 Å². The number of hydrogen-bond acceptors (Lipinski definition) is 6. The van der Waals surface area contributed by atoms with E-state index in [-0.39, 0.29) is 12.1 Å². The summed E-state index contributed by atoms with van der Waals surface area (Å²) in [6.45, 7) is 3.75. The number of hydrogen-bond donors (Lipinski definition) is 3. The van der Waals surface area contributed by atoms with Crippen molar-refractivity contribution in [2.24, 2.45) is 0 Å². The van der Waals surface area contributed by atoms with Gasteiger partial charge in [0.2, 0.25) is 0 Å². The van der Waals surface area contributed by atoms with Gasteiger partial charge < -0.3 is 25.2 Å². The smallest absolute Gasteiger partial charge is 0.262 e. The lowest BCUT2D eigenvalue weighted by atomic mass is 10.1. The zero-order chi connectivity index (χ0) is 18.7. The summed E-state index contributed by atoms with van der Waals surface area (Å²) in [4.78, 5) is 14.1. The number of methoxy groups -OCH3 is 1. The van der Waals surface area contributed by atoms with Crippen molar-refractivity contribution in [1.82, 2.24) is 5.32 Å². The van der Waals surface area contributed by atoms with Gasteiger partial charge in [0.25, 0.3) is 5.91 Å². The molecule has 25 heavy (non-hydrogen) atoms. The van der Waals surface area contributed by atoms with E-state index in [2.05, 4.69) is 17.1 Å². The average molecular weight is 347 g/mol.